The first kappa shape index (κ1) is 12.8. The van der Waals surface area contributed by atoms with Crippen molar-refractivity contribution >= 4 is 27.5 Å². The van der Waals surface area contributed by atoms with Gasteiger partial charge in [-0.15, -0.1) is 11.3 Å². The van der Waals surface area contributed by atoms with Crippen LogP contribution in [0.3, 0.4) is 0 Å². The highest BCUT2D eigenvalue weighted by Gasteiger charge is 2.10. The van der Waals surface area contributed by atoms with Crippen molar-refractivity contribution < 1.29 is 14.3 Å². The molecule has 0 N–H and O–H groups in total. The molecule has 0 bridgehead atoms. The predicted octanol–water partition coefficient (Wildman–Crippen LogP) is 2.80. The minimum atomic E-state index is -0.220. The minimum absolute atomic E-state index is 0.220. The first-order chi connectivity index (χ1) is 8.72. The van der Waals surface area contributed by atoms with Crippen LogP contribution in [0.1, 0.15) is 18.4 Å². The van der Waals surface area contributed by atoms with Crippen LogP contribution in [0.4, 0.5) is 0 Å². The summed E-state index contributed by atoms with van der Waals surface area (Å²) in [5, 5.41) is 0.777. The van der Waals surface area contributed by atoms with Gasteiger partial charge in [-0.2, -0.15) is 0 Å². The van der Waals surface area contributed by atoms with Crippen molar-refractivity contribution in [3.8, 4) is 5.75 Å². The summed E-state index contributed by atoms with van der Waals surface area (Å²) in [5.74, 6) is 0.578. The van der Waals surface area contributed by atoms with E-state index in [0.29, 0.717) is 6.61 Å². The van der Waals surface area contributed by atoms with Crippen molar-refractivity contribution in [3.05, 3.63) is 23.2 Å². The van der Waals surface area contributed by atoms with Gasteiger partial charge in [-0.3, -0.25) is 4.79 Å². The summed E-state index contributed by atoms with van der Waals surface area (Å²) in [5.41, 5.74) is 0.888. The molecular formula is C13H15NO3S. The summed E-state index contributed by atoms with van der Waals surface area (Å²) >= 11 is 1.50. The third-order valence-corrected chi connectivity index (χ3v) is 3.42. The first-order valence-electron chi connectivity index (χ1n) is 5.82. The maximum Gasteiger partial charge on any atom is 0.312 e. The van der Waals surface area contributed by atoms with Gasteiger partial charge in [0.1, 0.15) is 10.8 Å². The molecule has 5 heteroatoms. The third kappa shape index (κ3) is 2.98. The molecule has 1 aromatic carbocycles. The molecule has 0 aliphatic heterocycles. The lowest BCUT2D eigenvalue weighted by atomic mass is 10.3. The van der Waals surface area contributed by atoms with Crippen molar-refractivity contribution in [2.75, 3.05) is 13.7 Å². The van der Waals surface area contributed by atoms with Crippen molar-refractivity contribution in [1.82, 2.24) is 4.98 Å². The van der Waals surface area contributed by atoms with Gasteiger partial charge < -0.3 is 9.47 Å². The number of rotatable bonds is 5. The molecule has 1 heterocycles. The lowest BCUT2D eigenvalue weighted by Crippen LogP contribution is -2.08. The molecular weight excluding hydrogens is 250 g/mol. The molecule has 2 rings (SSSR count). The normalized spacial score (nSPS) is 10.6. The molecule has 4 nitrogen and oxygen atoms in total. The zero-order valence-electron chi connectivity index (χ0n) is 10.4. The smallest absolute Gasteiger partial charge is 0.312 e. The Bertz CT molecular complexity index is 550. The van der Waals surface area contributed by atoms with Crippen molar-refractivity contribution in [2.24, 2.45) is 0 Å². The van der Waals surface area contributed by atoms with E-state index in [2.05, 4.69) is 4.98 Å². The van der Waals surface area contributed by atoms with E-state index in [1.54, 1.807) is 7.11 Å². The van der Waals surface area contributed by atoms with Crippen molar-refractivity contribution in [3.63, 3.8) is 0 Å². The SMILES string of the molecule is CCCOC(=O)Cc1nc2ccc(OC)cc2s1. The van der Waals surface area contributed by atoms with Gasteiger partial charge in [0.25, 0.3) is 0 Å². The average molecular weight is 265 g/mol. The number of methoxy groups -OCH3 is 1. The van der Waals surface area contributed by atoms with Gasteiger partial charge in [-0.25, -0.2) is 4.98 Å². The zero-order chi connectivity index (χ0) is 13.0. The Morgan fingerprint density at radius 1 is 1.44 bits per heavy atom. The summed E-state index contributed by atoms with van der Waals surface area (Å²) in [6.07, 6.45) is 1.07. The number of carbonyl (C=O) groups is 1. The number of aromatic nitrogens is 1. The van der Waals surface area contributed by atoms with E-state index < -0.39 is 0 Å². The molecule has 18 heavy (non-hydrogen) atoms. The molecule has 0 saturated heterocycles. The number of fused-ring (bicyclic) bond motifs is 1. The largest absolute Gasteiger partial charge is 0.497 e. The monoisotopic (exact) mass is 265 g/mol. The number of ether oxygens (including phenoxy) is 2. The van der Waals surface area contributed by atoms with Crippen LogP contribution in [0.15, 0.2) is 18.2 Å². The quantitative estimate of drug-likeness (QED) is 0.780. The number of esters is 1. The van der Waals surface area contributed by atoms with Gasteiger partial charge in [0, 0.05) is 0 Å². The van der Waals surface area contributed by atoms with Crippen LogP contribution in [0, 0.1) is 0 Å². The number of hydrogen-bond acceptors (Lipinski definition) is 5. The Hall–Kier alpha value is -1.62. The summed E-state index contributed by atoms with van der Waals surface area (Å²) in [6.45, 7) is 2.44. The van der Waals surface area contributed by atoms with Crippen LogP contribution in [0.5, 0.6) is 5.75 Å². The molecule has 0 aliphatic rings. The first-order valence-corrected chi connectivity index (χ1v) is 6.63. The molecule has 0 radical (unpaired) electrons. The number of carbonyl (C=O) groups excluding carboxylic acids is 1. The van der Waals surface area contributed by atoms with Gasteiger partial charge in [0.2, 0.25) is 0 Å². The van der Waals surface area contributed by atoms with Crippen LogP contribution in [-0.4, -0.2) is 24.7 Å². The highest BCUT2D eigenvalue weighted by atomic mass is 32.1. The molecule has 0 amide bonds. The Balaban J connectivity index is 2.12. The standard InChI is InChI=1S/C13H15NO3S/c1-3-6-17-13(15)8-12-14-10-5-4-9(16-2)7-11(10)18-12/h4-5,7H,3,6,8H2,1-2H3. The summed E-state index contributed by atoms with van der Waals surface area (Å²) in [7, 11) is 1.63. The fourth-order valence-electron chi connectivity index (χ4n) is 1.55. The lowest BCUT2D eigenvalue weighted by molar-refractivity contribution is -0.142. The highest BCUT2D eigenvalue weighted by Crippen LogP contribution is 2.26. The average Bonchev–Trinajstić information content (AvgIpc) is 2.77. The fourth-order valence-corrected chi connectivity index (χ4v) is 2.53. The second-order valence-electron chi connectivity index (χ2n) is 3.84. The summed E-state index contributed by atoms with van der Waals surface area (Å²) in [4.78, 5) is 15.9. The molecule has 0 unspecified atom stereocenters. The lowest BCUT2D eigenvalue weighted by Gasteiger charge is -1.99. The van der Waals surface area contributed by atoms with Crippen LogP contribution in [0.25, 0.3) is 10.2 Å². The number of benzene rings is 1. The second kappa shape index (κ2) is 5.82. The van der Waals surface area contributed by atoms with Crippen LogP contribution < -0.4 is 4.74 Å². The predicted molar refractivity (Wildman–Crippen MR) is 71.1 cm³/mol. The van der Waals surface area contributed by atoms with Gasteiger partial charge >= 0.3 is 5.97 Å². The number of hydrogen-bond donors (Lipinski definition) is 0. The molecule has 1 aromatic heterocycles. The van der Waals surface area contributed by atoms with Gasteiger partial charge in [0.15, 0.2) is 0 Å². The Morgan fingerprint density at radius 2 is 2.28 bits per heavy atom. The number of nitrogens with zero attached hydrogens (tertiary/aromatic N) is 1. The molecule has 96 valence electrons. The summed E-state index contributed by atoms with van der Waals surface area (Å²) in [6, 6.07) is 5.68. The van der Waals surface area contributed by atoms with E-state index in [4.69, 9.17) is 9.47 Å². The van der Waals surface area contributed by atoms with Crippen molar-refractivity contribution in [2.45, 2.75) is 19.8 Å². The van der Waals surface area contributed by atoms with E-state index in [1.165, 1.54) is 11.3 Å². The third-order valence-electron chi connectivity index (χ3n) is 2.40. The Morgan fingerprint density at radius 3 is 3.00 bits per heavy atom. The van der Waals surface area contributed by atoms with E-state index in [-0.39, 0.29) is 12.4 Å². The van der Waals surface area contributed by atoms with Gasteiger partial charge in [-0.1, -0.05) is 6.92 Å². The number of thiazole rings is 1. The molecule has 0 atom stereocenters. The molecule has 0 aliphatic carbocycles. The molecule has 2 aromatic rings. The Labute approximate surface area is 110 Å². The highest BCUT2D eigenvalue weighted by molar-refractivity contribution is 7.18. The van der Waals surface area contributed by atoms with Crippen LogP contribution >= 0.6 is 11.3 Å². The summed E-state index contributed by atoms with van der Waals surface area (Å²) < 4.78 is 11.2. The second-order valence-corrected chi connectivity index (χ2v) is 4.95. The molecule has 0 saturated carbocycles. The van der Waals surface area contributed by atoms with E-state index in [1.807, 2.05) is 25.1 Å². The maximum absolute atomic E-state index is 11.5. The van der Waals surface area contributed by atoms with Crippen LogP contribution in [-0.2, 0) is 16.0 Å². The fraction of sp³-hybridized carbons (Fsp3) is 0.385. The van der Waals surface area contributed by atoms with Gasteiger partial charge in [0.05, 0.1) is 30.4 Å². The molecule has 0 fully saturated rings. The van der Waals surface area contributed by atoms with Crippen LogP contribution in [0.2, 0.25) is 0 Å². The van der Waals surface area contributed by atoms with Gasteiger partial charge in [-0.05, 0) is 24.6 Å². The maximum atomic E-state index is 11.5. The van der Waals surface area contributed by atoms with E-state index in [9.17, 15) is 4.79 Å². The zero-order valence-corrected chi connectivity index (χ0v) is 11.3. The molecule has 0 spiro atoms. The van der Waals surface area contributed by atoms with Crippen molar-refractivity contribution in [1.29, 1.82) is 0 Å². The Kier molecular flexibility index (Phi) is 4.15. The van der Waals surface area contributed by atoms with E-state index in [0.717, 1.165) is 27.4 Å². The topological polar surface area (TPSA) is 48.4 Å². The minimum Gasteiger partial charge on any atom is -0.497 e. The van der Waals surface area contributed by atoms with E-state index >= 15 is 0 Å².